The van der Waals surface area contributed by atoms with Crippen LogP contribution in [0.3, 0.4) is 0 Å². The third-order valence-electron chi connectivity index (χ3n) is 2.67. The number of aliphatic hydroxyl groups excluding tert-OH is 1. The largest absolute Gasteiger partial charge is 0.394 e. The summed E-state index contributed by atoms with van der Waals surface area (Å²) >= 11 is 0. The van der Waals surface area contributed by atoms with Crippen molar-refractivity contribution in [2.45, 2.75) is 39.2 Å². The molecular formula is C14H21NO2. The van der Waals surface area contributed by atoms with Crippen molar-refractivity contribution in [1.29, 1.82) is 0 Å². The van der Waals surface area contributed by atoms with Crippen LogP contribution in [-0.2, 0) is 11.2 Å². The third kappa shape index (κ3) is 5.50. The molecule has 17 heavy (non-hydrogen) atoms. The Morgan fingerprint density at radius 1 is 1.35 bits per heavy atom. The molecule has 0 aliphatic heterocycles. The molecular weight excluding hydrogens is 214 g/mol. The van der Waals surface area contributed by atoms with Crippen LogP contribution in [0.25, 0.3) is 0 Å². The molecule has 0 aliphatic rings. The van der Waals surface area contributed by atoms with E-state index in [0.29, 0.717) is 6.42 Å². The molecule has 1 amide bonds. The predicted octanol–water partition coefficient (Wildman–Crippen LogP) is 1.81. The summed E-state index contributed by atoms with van der Waals surface area (Å²) < 4.78 is 0. The Morgan fingerprint density at radius 3 is 2.59 bits per heavy atom. The van der Waals surface area contributed by atoms with Gasteiger partial charge < -0.3 is 10.4 Å². The van der Waals surface area contributed by atoms with Gasteiger partial charge in [0.2, 0.25) is 5.91 Å². The number of aliphatic hydroxyl groups is 1. The van der Waals surface area contributed by atoms with Gasteiger partial charge in [0.25, 0.3) is 0 Å². The molecule has 0 aliphatic carbocycles. The standard InChI is InChI=1S/C14H21NO2/c1-11-6-8-13(9-7-11)4-3-5-14(17)15-12(2)10-16/h6-9,12,16H,3-5,10H2,1-2H3,(H,15,17)/t12-/m0/s1. The number of nitrogens with one attached hydrogen (secondary N) is 1. The lowest BCUT2D eigenvalue weighted by atomic mass is 10.1. The van der Waals surface area contributed by atoms with Gasteiger partial charge in [-0.1, -0.05) is 29.8 Å². The highest BCUT2D eigenvalue weighted by molar-refractivity contribution is 5.76. The lowest BCUT2D eigenvalue weighted by Gasteiger charge is -2.10. The van der Waals surface area contributed by atoms with Crippen LogP contribution >= 0.6 is 0 Å². The van der Waals surface area contributed by atoms with Crippen LogP contribution in [0.4, 0.5) is 0 Å². The minimum absolute atomic E-state index is 0.0102. The summed E-state index contributed by atoms with van der Waals surface area (Å²) in [5.74, 6) is 0.0126. The molecule has 0 fully saturated rings. The fraction of sp³-hybridized carbons (Fsp3) is 0.500. The van der Waals surface area contributed by atoms with Crippen LogP contribution in [0.1, 0.15) is 30.9 Å². The van der Waals surface area contributed by atoms with E-state index < -0.39 is 0 Å². The van der Waals surface area contributed by atoms with Crippen LogP contribution in [0.5, 0.6) is 0 Å². The number of hydrogen-bond donors (Lipinski definition) is 2. The van der Waals surface area contributed by atoms with Gasteiger partial charge in [-0.2, -0.15) is 0 Å². The van der Waals surface area contributed by atoms with Gasteiger partial charge in [-0.25, -0.2) is 0 Å². The molecule has 1 atom stereocenters. The summed E-state index contributed by atoms with van der Waals surface area (Å²) in [6.45, 7) is 3.84. The van der Waals surface area contributed by atoms with Gasteiger partial charge in [0.15, 0.2) is 0 Å². The monoisotopic (exact) mass is 235 g/mol. The number of benzene rings is 1. The maximum Gasteiger partial charge on any atom is 0.220 e. The molecule has 0 radical (unpaired) electrons. The summed E-state index contributed by atoms with van der Waals surface area (Å²) in [7, 11) is 0. The second-order valence-electron chi connectivity index (χ2n) is 4.49. The molecule has 3 heteroatoms. The van der Waals surface area contributed by atoms with Gasteiger partial charge >= 0.3 is 0 Å². The van der Waals surface area contributed by atoms with E-state index in [1.807, 2.05) is 0 Å². The van der Waals surface area contributed by atoms with Gasteiger partial charge in [0, 0.05) is 12.5 Å². The van der Waals surface area contributed by atoms with Crippen molar-refractivity contribution in [2.24, 2.45) is 0 Å². The Bertz CT molecular complexity index is 346. The van der Waals surface area contributed by atoms with E-state index in [4.69, 9.17) is 5.11 Å². The highest BCUT2D eigenvalue weighted by Crippen LogP contribution is 2.07. The fourth-order valence-corrected chi connectivity index (χ4v) is 1.60. The minimum Gasteiger partial charge on any atom is -0.394 e. The molecule has 3 nitrogen and oxygen atoms in total. The van der Waals surface area contributed by atoms with Gasteiger partial charge in [-0.15, -0.1) is 0 Å². The summed E-state index contributed by atoms with van der Waals surface area (Å²) in [4.78, 5) is 11.4. The van der Waals surface area contributed by atoms with Crippen molar-refractivity contribution in [2.75, 3.05) is 6.61 Å². The number of carbonyl (C=O) groups is 1. The Kier molecular flexibility index (Phi) is 5.70. The lowest BCUT2D eigenvalue weighted by molar-refractivity contribution is -0.122. The topological polar surface area (TPSA) is 49.3 Å². The number of carbonyl (C=O) groups excluding carboxylic acids is 1. The molecule has 0 heterocycles. The van der Waals surface area contributed by atoms with E-state index in [0.717, 1.165) is 12.8 Å². The minimum atomic E-state index is -0.151. The molecule has 0 saturated carbocycles. The van der Waals surface area contributed by atoms with E-state index >= 15 is 0 Å². The average Bonchev–Trinajstić information content (AvgIpc) is 2.31. The zero-order valence-electron chi connectivity index (χ0n) is 10.6. The van der Waals surface area contributed by atoms with Crippen molar-refractivity contribution in [3.63, 3.8) is 0 Å². The van der Waals surface area contributed by atoms with Crippen LogP contribution in [0, 0.1) is 6.92 Å². The quantitative estimate of drug-likeness (QED) is 0.790. The Balaban J connectivity index is 2.23. The average molecular weight is 235 g/mol. The van der Waals surface area contributed by atoms with Gasteiger partial charge in [0.05, 0.1) is 6.61 Å². The Labute approximate surface area is 103 Å². The fourth-order valence-electron chi connectivity index (χ4n) is 1.60. The maximum atomic E-state index is 11.4. The molecule has 0 bridgehead atoms. The zero-order valence-corrected chi connectivity index (χ0v) is 10.6. The van der Waals surface area contributed by atoms with Crippen LogP contribution in [0.15, 0.2) is 24.3 Å². The lowest BCUT2D eigenvalue weighted by Crippen LogP contribution is -2.34. The molecule has 0 saturated heterocycles. The smallest absolute Gasteiger partial charge is 0.220 e. The van der Waals surface area contributed by atoms with Crippen LogP contribution in [-0.4, -0.2) is 23.7 Å². The van der Waals surface area contributed by atoms with E-state index in [1.54, 1.807) is 6.92 Å². The van der Waals surface area contributed by atoms with Crippen LogP contribution in [0.2, 0.25) is 0 Å². The van der Waals surface area contributed by atoms with Crippen molar-refractivity contribution >= 4 is 5.91 Å². The molecule has 1 aromatic rings. The Hall–Kier alpha value is -1.35. The van der Waals surface area contributed by atoms with Gasteiger partial charge in [-0.3, -0.25) is 4.79 Å². The molecule has 0 unspecified atom stereocenters. The van der Waals surface area contributed by atoms with Crippen molar-refractivity contribution in [3.8, 4) is 0 Å². The molecule has 1 rings (SSSR count). The van der Waals surface area contributed by atoms with Crippen molar-refractivity contribution in [1.82, 2.24) is 5.32 Å². The van der Waals surface area contributed by atoms with E-state index in [9.17, 15) is 4.79 Å². The first-order valence-corrected chi connectivity index (χ1v) is 6.07. The highest BCUT2D eigenvalue weighted by atomic mass is 16.3. The predicted molar refractivity (Wildman–Crippen MR) is 68.8 cm³/mol. The van der Waals surface area contributed by atoms with Crippen molar-refractivity contribution in [3.05, 3.63) is 35.4 Å². The second kappa shape index (κ2) is 7.07. The molecule has 2 N–H and O–H groups in total. The summed E-state index contributed by atoms with van der Waals surface area (Å²) in [6, 6.07) is 8.22. The van der Waals surface area contributed by atoms with Gasteiger partial charge in [-0.05, 0) is 32.3 Å². The SMILES string of the molecule is Cc1ccc(CCCC(=O)N[C@@H](C)CO)cc1. The normalized spacial score (nSPS) is 12.2. The first-order valence-electron chi connectivity index (χ1n) is 6.07. The summed E-state index contributed by atoms with van der Waals surface area (Å²) in [5, 5.41) is 11.5. The highest BCUT2D eigenvalue weighted by Gasteiger charge is 2.05. The van der Waals surface area contributed by atoms with E-state index in [2.05, 4.69) is 36.5 Å². The number of aryl methyl sites for hydroxylation is 2. The van der Waals surface area contributed by atoms with E-state index in [-0.39, 0.29) is 18.6 Å². The molecule has 0 spiro atoms. The number of hydrogen-bond acceptors (Lipinski definition) is 2. The van der Waals surface area contributed by atoms with Crippen molar-refractivity contribution < 1.29 is 9.90 Å². The maximum absolute atomic E-state index is 11.4. The first-order chi connectivity index (χ1) is 8.11. The number of amides is 1. The zero-order chi connectivity index (χ0) is 12.7. The van der Waals surface area contributed by atoms with E-state index in [1.165, 1.54) is 11.1 Å². The summed E-state index contributed by atoms with van der Waals surface area (Å²) in [5.41, 5.74) is 2.52. The molecule has 94 valence electrons. The van der Waals surface area contributed by atoms with Crippen LogP contribution < -0.4 is 5.32 Å². The molecule has 1 aromatic carbocycles. The summed E-state index contributed by atoms with van der Waals surface area (Å²) in [6.07, 6.45) is 2.27. The third-order valence-corrected chi connectivity index (χ3v) is 2.67. The molecule has 0 aromatic heterocycles. The first kappa shape index (κ1) is 13.7. The number of rotatable bonds is 6. The Morgan fingerprint density at radius 2 is 2.00 bits per heavy atom. The van der Waals surface area contributed by atoms with Gasteiger partial charge in [0.1, 0.15) is 0 Å². The second-order valence-corrected chi connectivity index (χ2v) is 4.49.